The Balaban J connectivity index is 1.88. The summed E-state index contributed by atoms with van der Waals surface area (Å²) in [6, 6.07) is 9.70. The zero-order valence-corrected chi connectivity index (χ0v) is 27.4. The summed E-state index contributed by atoms with van der Waals surface area (Å²) in [6.45, 7) is 13.4. The first kappa shape index (κ1) is 35.0. The molecule has 0 spiro atoms. The summed E-state index contributed by atoms with van der Waals surface area (Å²) in [5.74, 6) is 0.607. The lowest BCUT2D eigenvalue weighted by molar-refractivity contribution is 0.198. The van der Waals surface area contributed by atoms with Crippen molar-refractivity contribution in [2.24, 2.45) is 20.5 Å². The van der Waals surface area contributed by atoms with Crippen molar-refractivity contribution < 1.29 is 21.6 Å². The molecule has 0 unspecified atom stereocenters. The van der Waals surface area contributed by atoms with Crippen molar-refractivity contribution in [2.75, 3.05) is 48.9 Å². The molecule has 1 aromatic heterocycles. The topological polar surface area (TPSA) is 190 Å². The van der Waals surface area contributed by atoms with Gasteiger partial charge in [0.05, 0.1) is 33.4 Å². The molecule has 0 bridgehead atoms. The molecule has 0 aliphatic carbocycles. The van der Waals surface area contributed by atoms with Crippen LogP contribution >= 0.6 is 0 Å². The number of rotatable bonds is 16. The number of azo groups is 2. The summed E-state index contributed by atoms with van der Waals surface area (Å²) in [7, 11) is -5.30. The Kier molecular flexibility index (Phi) is 12.1. The van der Waals surface area contributed by atoms with Crippen LogP contribution < -0.4 is 16.4 Å². The SMILES string of the molecule is C=CS(=O)(=O)CCNc1nc(NCCCOC)c(N=Nc2cc(C)c(N=Nc3ccc(S(=O)(=O)C=C)cc3)cc2C)c(C)c1N. The van der Waals surface area contributed by atoms with Gasteiger partial charge in [0.25, 0.3) is 0 Å². The van der Waals surface area contributed by atoms with Crippen LogP contribution in [0.25, 0.3) is 0 Å². The molecule has 1 heterocycles. The Bertz CT molecular complexity index is 1820. The van der Waals surface area contributed by atoms with E-state index in [0.717, 1.165) is 21.9 Å². The quantitative estimate of drug-likeness (QED) is 0.111. The van der Waals surface area contributed by atoms with Crippen molar-refractivity contribution >= 4 is 59.7 Å². The zero-order valence-electron chi connectivity index (χ0n) is 25.7. The van der Waals surface area contributed by atoms with Crippen LogP contribution in [0.1, 0.15) is 23.1 Å². The van der Waals surface area contributed by atoms with Gasteiger partial charge >= 0.3 is 0 Å². The van der Waals surface area contributed by atoms with Gasteiger partial charge in [0.15, 0.2) is 31.3 Å². The third-order valence-corrected chi connectivity index (χ3v) is 9.29. The van der Waals surface area contributed by atoms with Gasteiger partial charge in [-0.25, -0.2) is 21.8 Å². The molecule has 3 rings (SSSR count). The summed E-state index contributed by atoms with van der Waals surface area (Å²) in [4.78, 5) is 4.72. The van der Waals surface area contributed by atoms with Crippen LogP contribution in [0.4, 0.5) is 40.1 Å². The molecule has 45 heavy (non-hydrogen) atoms. The van der Waals surface area contributed by atoms with E-state index in [1.807, 2.05) is 26.0 Å². The number of aromatic nitrogens is 1. The number of hydrogen-bond donors (Lipinski definition) is 3. The third-order valence-electron chi connectivity index (χ3n) is 6.64. The number of hydrogen-bond acceptors (Lipinski definition) is 13. The molecular formula is C30H38N8O5S2. The van der Waals surface area contributed by atoms with Crippen molar-refractivity contribution in [3.63, 3.8) is 0 Å². The molecule has 4 N–H and O–H groups in total. The smallest absolute Gasteiger partial charge is 0.199 e. The average molecular weight is 655 g/mol. The van der Waals surface area contributed by atoms with E-state index in [-0.39, 0.29) is 17.2 Å². The minimum absolute atomic E-state index is 0.0969. The second-order valence-corrected chi connectivity index (χ2v) is 13.9. The average Bonchev–Trinajstić information content (AvgIpc) is 3.02. The van der Waals surface area contributed by atoms with Gasteiger partial charge in [0.1, 0.15) is 5.69 Å². The molecule has 0 radical (unpaired) electrons. The van der Waals surface area contributed by atoms with Crippen LogP contribution in [0.3, 0.4) is 0 Å². The van der Waals surface area contributed by atoms with E-state index in [1.165, 1.54) is 12.1 Å². The Morgan fingerprint density at radius 2 is 1.47 bits per heavy atom. The normalized spacial score (nSPS) is 12.1. The number of nitrogen functional groups attached to an aromatic ring is 1. The van der Waals surface area contributed by atoms with Gasteiger partial charge in [0, 0.05) is 43.2 Å². The number of benzene rings is 2. The lowest BCUT2D eigenvalue weighted by atomic mass is 10.1. The zero-order chi connectivity index (χ0) is 33.2. The molecule has 0 atom stereocenters. The van der Waals surface area contributed by atoms with Crippen LogP contribution in [0.5, 0.6) is 0 Å². The molecule has 0 fully saturated rings. The van der Waals surface area contributed by atoms with Gasteiger partial charge in [-0.1, -0.05) is 13.2 Å². The number of nitrogens with zero attached hydrogens (tertiary/aromatic N) is 5. The summed E-state index contributed by atoms with van der Waals surface area (Å²) in [5, 5.41) is 25.7. The standard InChI is InChI=1S/C30H38N8O5S2/c1-7-44(39,40)17-15-33-29-27(31)22(5)28(30(34-29)32-14-9-16-43-6)38-37-26-19-20(3)25(18-21(26)4)36-35-23-10-12-24(13-11-23)45(41,42)8-2/h7-8,10-13,18-19H,1-2,9,14-17,31H2,3-6H3,(H2,32,33,34). The number of methoxy groups -OCH3 is 1. The number of aryl methyl sites for hydroxylation is 2. The molecular weight excluding hydrogens is 617 g/mol. The van der Waals surface area contributed by atoms with Crippen LogP contribution in [-0.4, -0.2) is 54.4 Å². The van der Waals surface area contributed by atoms with Crippen LogP contribution in [0.2, 0.25) is 0 Å². The summed E-state index contributed by atoms with van der Waals surface area (Å²) in [5.41, 5.74) is 11.0. The van der Waals surface area contributed by atoms with E-state index in [9.17, 15) is 16.8 Å². The number of pyridine rings is 1. The van der Waals surface area contributed by atoms with Gasteiger partial charge in [-0.2, -0.15) is 15.3 Å². The minimum atomic E-state index is -3.53. The second-order valence-electron chi connectivity index (χ2n) is 9.96. The first-order valence-electron chi connectivity index (χ1n) is 13.9. The molecule has 3 aromatic rings. The van der Waals surface area contributed by atoms with E-state index in [0.29, 0.717) is 65.2 Å². The largest absolute Gasteiger partial charge is 0.395 e. The Morgan fingerprint density at radius 1 is 0.867 bits per heavy atom. The summed E-state index contributed by atoms with van der Waals surface area (Å²) < 4.78 is 52.6. The highest BCUT2D eigenvalue weighted by Crippen LogP contribution is 2.38. The molecule has 0 amide bonds. The summed E-state index contributed by atoms with van der Waals surface area (Å²) >= 11 is 0. The maximum absolute atomic E-state index is 11.9. The van der Waals surface area contributed by atoms with E-state index < -0.39 is 19.7 Å². The molecule has 240 valence electrons. The first-order valence-corrected chi connectivity index (χ1v) is 17.1. The lowest BCUT2D eigenvalue weighted by Crippen LogP contribution is -2.16. The van der Waals surface area contributed by atoms with Crippen molar-refractivity contribution in [1.29, 1.82) is 0 Å². The molecule has 0 saturated heterocycles. The number of nitrogens with two attached hydrogens (primary N) is 1. The molecule has 15 heteroatoms. The number of nitrogens with one attached hydrogen (secondary N) is 2. The van der Waals surface area contributed by atoms with Crippen molar-refractivity contribution in [3.8, 4) is 0 Å². The van der Waals surface area contributed by atoms with Gasteiger partial charge in [-0.05, 0) is 74.7 Å². The van der Waals surface area contributed by atoms with Crippen LogP contribution in [0.15, 0.2) is 85.7 Å². The minimum Gasteiger partial charge on any atom is -0.395 e. The lowest BCUT2D eigenvalue weighted by Gasteiger charge is -2.16. The Labute approximate surface area is 264 Å². The maximum atomic E-state index is 11.9. The maximum Gasteiger partial charge on any atom is 0.199 e. The first-order chi connectivity index (χ1) is 21.3. The molecule has 2 aromatic carbocycles. The second kappa shape index (κ2) is 15.5. The van der Waals surface area contributed by atoms with Crippen molar-refractivity contribution in [1.82, 2.24) is 4.98 Å². The molecule has 0 aliphatic heterocycles. The highest BCUT2D eigenvalue weighted by atomic mass is 32.2. The molecule has 0 aliphatic rings. The fourth-order valence-electron chi connectivity index (χ4n) is 3.92. The monoisotopic (exact) mass is 654 g/mol. The number of anilines is 3. The molecule has 13 nitrogen and oxygen atoms in total. The van der Waals surface area contributed by atoms with Crippen molar-refractivity contribution in [3.05, 3.63) is 77.1 Å². The fourth-order valence-corrected chi connectivity index (χ4v) is 5.18. The molecule has 0 saturated carbocycles. The number of sulfone groups is 2. The van der Waals surface area contributed by atoms with E-state index in [2.05, 4.69) is 49.2 Å². The van der Waals surface area contributed by atoms with E-state index in [4.69, 9.17) is 10.5 Å². The van der Waals surface area contributed by atoms with Gasteiger partial charge in [0.2, 0.25) is 0 Å². The Morgan fingerprint density at radius 3 is 2.04 bits per heavy atom. The van der Waals surface area contributed by atoms with E-state index >= 15 is 0 Å². The Hall–Kier alpha value is -4.47. The van der Waals surface area contributed by atoms with E-state index in [1.54, 1.807) is 26.2 Å². The third kappa shape index (κ3) is 9.51. The number of ether oxygens (including phenoxy) is 1. The fraction of sp³-hybridized carbons (Fsp3) is 0.300. The van der Waals surface area contributed by atoms with Gasteiger partial charge in [-0.15, -0.1) is 5.11 Å². The van der Waals surface area contributed by atoms with Gasteiger partial charge < -0.3 is 21.1 Å². The van der Waals surface area contributed by atoms with Crippen molar-refractivity contribution in [2.45, 2.75) is 32.1 Å². The predicted molar refractivity (Wildman–Crippen MR) is 179 cm³/mol. The van der Waals surface area contributed by atoms with Crippen LogP contribution in [0, 0.1) is 20.8 Å². The predicted octanol–water partition coefficient (Wildman–Crippen LogP) is 6.76. The van der Waals surface area contributed by atoms with Crippen LogP contribution in [-0.2, 0) is 24.4 Å². The summed E-state index contributed by atoms with van der Waals surface area (Å²) in [6.07, 6.45) is 0.713. The van der Waals surface area contributed by atoms with Gasteiger partial charge in [-0.3, -0.25) is 0 Å². The highest BCUT2D eigenvalue weighted by Gasteiger charge is 2.17. The highest BCUT2D eigenvalue weighted by molar-refractivity contribution is 7.94.